The molecule has 0 saturated heterocycles. The van der Waals surface area contributed by atoms with E-state index in [0.29, 0.717) is 6.79 Å². The van der Waals surface area contributed by atoms with Gasteiger partial charge in [0.2, 0.25) is 6.79 Å². The average Bonchev–Trinajstić information content (AvgIpc) is 2.98. The first-order valence-corrected chi connectivity index (χ1v) is 5.64. The smallest absolute Gasteiger partial charge is 0.231 e. The number of nitrogens with two attached hydrogens (primary N) is 1. The van der Waals surface area contributed by atoms with E-state index in [2.05, 4.69) is 11.4 Å². The summed E-state index contributed by atoms with van der Waals surface area (Å²) in [6, 6.07) is 9.94. The molecule has 2 heterocycles. The predicted octanol–water partition coefficient (Wildman–Crippen LogP) is 1.27. The lowest BCUT2D eigenvalue weighted by Crippen LogP contribution is -2.80. The molecule has 0 bridgehead atoms. The number of quaternary nitrogens is 1. The molecule has 0 fully saturated rings. The van der Waals surface area contributed by atoms with E-state index in [9.17, 15) is 0 Å². The Morgan fingerprint density at radius 1 is 1.06 bits per heavy atom. The van der Waals surface area contributed by atoms with Crippen molar-refractivity contribution < 1.29 is 19.2 Å². The second-order valence-electron chi connectivity index (χ2n) is 3.96. The molecule has 0 radical (unpaired) electrons. The van der Waals surface area contributed by atoms with Crippen LogP contribution in [0.4, 0.5) is 0 Å². The highest BCUT2D eigenvalue weighted by molar-refractivity contribution is 5.44. The summed E-state index contributed by atoms with van der Waals surface area (Å²) in [5.74, 6) is 2.67. The zero-order valence-electron chi connectivity index (χ0n) is 9.39. The first-order chi connectivity index (χ1) is 8.42. The van der Waals surface area contributed by atoms with E-state index in [4.69, 9.17) is 13.9 Å². The van der Waals surface area contributed by atoms with Gasteiger partial charge in [-0.2, -0.15) is 0 Å². The largest absolute Gasteiger partial charge is 0.463 e. The molecule has 2 aromatic rings. The number of benzene rings is 1. The Labute approximate surface area is 99.1 Å². The SMILES string of the molecule is c1coc(C[NH2+]Cc2ccc3c(c2)OCO3)c1. The lowest BCUT2D eigenvalue weighted by atomic mass is 10.2. The van der Waals surface area contributed by atoms with E-state index >= 15 is 0 Å². The molecular formula is C13H14NO3+. The van der Waals surface area contributed by atoms with E-state index < -0.39 is 0 Å². The maximum atomic E-state index is 5.34. The van der Waals surface area contributed by atoms with Crippen molar-refractivity contribution in [3.63, 3.8) is 0 Å². The van der Waals surface area contributed by atoms with Crippen LogP contribution in [0.15, 0.2) is 41.0 Å². The molecular weight excluding hydrogens is 218 g/mol. The quantitative estimate of drug-likeness (QED) is 0.863. The zero-order valence-corrected chi connectivity index (χ0v) is 9.39. The third-order valence-electron chi connectivity index (χ3n) is 2.74. The monoisotopic (exact) mass is 232 g/mol. The topological polar surface area (TPSA) is 48.2 Å². The summed E-state index contributed by atoms with van der Waals surface area (Å²) in [7, 11) is 0. The van der Waals surface area contributed by atoms with Crippen molar-refractivity contribution in [2.24, 2.45) is 0 Å². The lowest BCUT2D eigenvalue weighted by molar-refractivity contribution is -0.688. The normalized spacial score (nSPS) is 12.9. The summed E-state index contributed by atoms with van der Waals surface area (Å²) < 4.78 is 15.9. The van der Waals surface area contributed by atoms with Crippen molar-refractivity contribution in [3.05, 3.63) is 47.9 Å². The van der Waals surface area contributed by atoms with Gasteiger partial charge in [0.1, 0.15) is 13.1 Å². The summed E-state index contributed by atoms with van der Waals surface area (Å²) in [6.45, 7) is 2.08. The van der Waals surface area contributed by atoms with E-state index in [1.54, 1.807) is 6.26 Å². The highest BCUT2D eigenvalue weighted by Gasteiger charge is 2.13. The van der Waals surface area contributed by atoms with Crippen LogP contribution in [0, 0.1) is 0 Å². The number of ether oxygens (including phenoxy) is 2. The molecule has 1 aromatic heterocycles. The van der Waals surface area contributed by atoms with Gasteiger partial charge in [-0.1, -0.05) is 0 Å². The Kier molecular flexibility index (Phi) is 2.71. The molecule has 0 spiro atoms. The van der Waals surface area contributed by atoms with Crippen LogP contribution < -0.4 is 14.8 Å². The first kappa shape index (κ1) is 10.2. The Hall–Kier alpha value is -1.94. The number of hydrogen-bond acceptors (Lipinski definition) is 3. The van der Waals surface area contributed by atoms with Gasteiger partial charge in [-0.05, 0) is 30.3 Å². The molecule has 1 aromatic carbocycles. The number of furan rings is 1. The fraction of sp³-hybridized carbons (Fsp3) is 0.231. The second-order valence-corrected chi connectivity index (χ2v) is 3.96. The van der Waals surface area contributed by atoms with Crippen LogP contribution in [0.25, 0.3) is 0 Å². The molecule has 3 rings (SSSR count). The van der Waals surface area contributed by atoms with Crippen LogP contribution in [0.3, 0.4) is 0 Å². The average molecular weight is 232 g/mol. The Morgan fingerprint density at radius 2 is 2.00 bits per heavy atom. The highest BCUT2D eigenvalue weighted by Crippen LogP contribution is 2.32. The fourth-order valence-corrected chi connectivity index (χ4v) is 1.88. The number of fused-ring (bicyclic) bond motifs is 1. The second kappa shape index (κ2) is 4.51. The summed E-state index contributed by atoms with van der Waals surface area (Å²) in [6.07, 6.45) is 1.70. The van der Waals surface area contributed by atoms with Gasteiger partial charge in [-0.15, -0.1) is 0 Å². The molecule has 0 saturated carbocycles. The maximum Gasteiger partial charge on any atom is 0.231 e. The minimum absolute atomic E-state index is 0.328. The minimum Gasteiger partial charge on any atom is -0.463 e. The fourth-order valence-electron chi connectivity index (χ4n) is 1.88. The van der Waals surface area contributed by atoms with Gasteiger partial charge in [0, 0.05) is 5.56 Å². The van der Waals surface area contributed by atoms with Crippen LogP contribution in [0.2, 0.25) is 0 Å². The van der Waals surface area contributed by atoms with Gasteiger partial charge in [-0.25, -0.2) is 0 Å². The summed E-state index contributed by atoms with van der Waals surface area (Å²) in [5, 5.41) is 2.19. The van der Waals surface area contributed by atoms with Crippen LogP contribution in [-0.4, -0.2) is 6.79 Å². The first-order valence-electron chi connectivity index (χ1n) is 5.64. The van der Waals surface area contributed by atoms with E-state index in [1.807, 2.05) is 24.3 Å². The van der Waals surface area contributed by atoms with E-state index in [-0.39, 0.29) is 0 Å². The molecule has 0 amide bonds. The van der Waals surface area contributed by atoms with Crippen molar-refractivity contribution in [1.29, 1.82) is 0 Å². The third-order valence-corrected chi connectivity index (χ3v) is 2.74. The van der Waals surface area contributed by atoms with E-state index in [1.165, 1.54) is 5.56 Å². The summed E-state index contributed by atoms with van der Waals surface area (Å²) in [5.41, 5.74) is 1.22. The number of hydrogen-bond donors (Lipinski definition) is 1. The van der Waals surface area contributed by atoms with Crippen molar-refractivity contribution in [1.82, 2.24) is 0 Å². The molecule has 1 aliphatic heterocycles. The molecule has 0 aliphatic carbocycles. The maximum absolute atomic E-state index is 5.34. The van der Waals surface area contributed by atoms with Gasteiger partial charge in [0.05, 0.1) is 6.26 Å². The third kappa shape index (κ3) is 2.26. The standard InChI is InChI=1S/C13H13NO3/c1-2-11(15-5-1)8-14-7-10-3-4-12-13(6-10)17-9-16-12/h1-6,14H,7-9H2/p+1. The van der Waals surface area contributed by atoms with Crippen LogP contribution in [0.1, 0.15) is 11.3 Å². The Balaban J connectivity index is 1.58. The van der Waals surface area contributed by atoms with Gasteiger partial charge >= 0.3 is 0 Å². The number of rotatable bonds is 4. The Morgan fingerprint density at radius 3 is 2.88 bits per heavy atom. The van der Waals surface area contributed by atoms with Crippen LogP contribution in [-0.2, 0) is 13.1 Å². The lowest BCUT2D eigenvalue weighted by Gasteiger charge is -2.02. The van der Waals surface area contributed by atoms with Crippen molar-refractivity contribution in [2.75, 3.05) is 6.79 Å². The van der Waals surface area contributed by atoms with Crippen LogP contribution >= 0.6 is 0 Å². The molecule has 17 heavy (non-hydrogen) atoms. The zero-order chi connectivity index (χ0) is 11.5. The van der Waals surface area contributed by atoms with Crippen molar-refractivity contribution in [2.45, 2.75) is 13.1 Å². The molecule has 2 N–H and O–H groups in total. The molecule has 1 aliphatic rings. The minimum atomic E-state index is 0.328. The molecule has 88 valence electrons. The molecule has 0 atom stereocenters. The summed E-state index contributed by atoms with van der Waals surface area (Å²) in [4.78, 5) is 0. The van der Waals surface area contributed by atoms with Crippen molar-refractivity contribution >= 4 is 0 Å². The highest BCUT2D eigenvalue weighted by atomic mass is 16.7. The molecule has 0 unspecified atom stereocenters. The van der Waals surface area contributed by atoms with E-state index in [0.717, 1.165) is 30.3 Å². The van der Waals surface area contributed by atoms with Gasteiger partial charge < -0.3 is 19.2 Å². The van der Waals surface area contributed by atoms with Crippen molar-refractivity contribution in [3.8, 4) is 11.5 Å². The van der Waals surface area contributed by atoms with Gasteiger partial charge in [-0.3, -0.25) is 0 Å². The molecule has 4 heteroatoms. The Bertz CT molecular complexity index is 493. The summed E-state index contributed by atoms with van der Waals surface area (Å²) >= 11 is 0. The van der Waals surface area contributed by atoms with Gasteiger partial charge in [0.25, 0.3) is 0 Å². The molecule has 4 nitrogen and oxygen atoms in total. The van der Waals surface area contributed by atoms with Crippen LogP contribution in [0.5, 0.6) is 11.5 Å². The predicted molar refractivity (Wildman–Crippen MR) is 60.6 cm³/mol. The van der Waals surface area contributed by atoms with Gasteiger partial charge in [0.15, 0.2) is 17.3 Å².